The van der Waals surface area contributed by atoms with Gasteiger partial charge in [-0.25, -0.2) is 0 Å². The number of likely N-dealkylation sites (tertiary alicyclic amines) is 1. The smallest absolute Gasteiger partial charge is 0.241 e. The number of hydrogen-bond acceptors (Lipinski definition) is 3. The van der Waals surface area contributed by atoms with E-state index in [9.17, 15) is 4.79 Å². The van der Waals surface area contributed by atoms with Crippen molar-refractivity contribution in [2.45, 2.75) is 51.6 Å². The second-order valence-corrected chi connectivity index (χ2v) is 7.51. The van der Waals surface area contributed by atoms with Gasteiger partial charge in [-0.2, -0.15) is 0 Å². The summed E-state index contributed by atoms with van der Waals surface area (Å²) >= 11 is 0. The summed E-state index contributed by atoms with van der Waals surface area (Å²) in [5.74, 6) is 1.02. The van der Waals surface area contributed by atoms with Gasteiger partial charge in [0.25, 0.3) is 0 Å². The van der Waals surface area contributed by atoms with Crippen molar-refractivity contribution >= 4 is 11.6 Å². The van der Waals surface area contributed by atoms with Crippen LogP contribution in [0.15, 0.2) is 30.3 Å². The topological polar surface area (TPSA) is 35.6 Å². The molecule has 4 heteroatoms. The fourth-order valence-electron chi connectivity index (χ4n) is 4.21. The Morgan fingerprint density at radius 2 is 1.92 bits per heavy atom. The molecule has 24 heavy (non-hydrogen) atoms. The maximum Gasteiger partial charge on any atom is 0.241 e. The van der Waals surface area contributed by atoms with Crippen LogP contribution in [0.5, 0.6) is 0 Å². The highest BCUT2D eigenvalue weighted by atomic mass is 16.2. The number of benzene rings is 1. The summed E-state index contributed by atoms with van der Waals surface area (Å²) in [6.45, 7) is 8.00. The summed E-state index contributed by atoms with van der Waals surface area (Å²) in [6.07, 6.45) is 5.10. The van der Waals surface area contributed by atoms with Gasteiger partial charge in [0.1, 0.15) is 0 Å². The van der Waals surface area contributed by atoms with E-state index in [2.05, 4.69) is 24.1 Å². The Bertz CT molecular complexity index is 517. The number of nitrogens with one attached hydrogen (secondary N) is 1. The minimum atomic E-state index is 0.181. The van der Waals surface area contributed by atoms with Crippen molar-refractivity contribution in [3.8, 4) is 0 Å². The molecule has 0 aromatic heterocycles. The molecule has 0 spiro atoms. The number of piperidine rings is 1. The van der Waals surface area contributed by atoms with Gasteiger partial charge in [-0.15, -0.1) is 0 Å². The lowest BCUT2D eigenvalue weighted by Gasteiger charge is -2.36. The third-order valence-electron chi connectivity index (χ3n) is 5.48. The largest absolute Gasteiger partial charge is 0.314 e. The number of carbonyl (C=O) groups is 1. The van der Waals surface area contributed by atoms with E-state index in [0.717, 1.165) is 30.7 Å². The molecule has 1 N–H and O–H groups in total. The van der Waals surface area contributed by atoms with Gasteiger partial charge in [0.05, 0.1) is 6.54 Å². The monoisotopic (exact) mass is 329 g/mol. The lowest BCUT2D eigenvalue weighted by atomic mass is 9.88. The maximum absolute atomic E-state index is 12.9. The number of hydrogen-bond donors (Lipinski definition) is 1. The summed E-state index contributed by atoms with van der Waals surface area (Å²) in [4.78, 5) is 17.1. The van der Waals surface area contributed by atoms with Gasteiger partial charge >= 0.3 is 0 Å². The molecular weight excluding hydrogens is 298 g/mol. The van der Waals surface area contributed by atoms with Crippen molar-refractivity contribution < 1.29 is 4.79 Å². The van der Waals surface area contributed by atoms with E-state index in [0.29, 0.717) is 6.54 Å². The van der Waals surface area contributed by atoms with Gasteiger partial charge in [0.15, 0.2) is 0 Å². The minimum Gasteiger partial charge on any atom is -0.314 e. The molecule has 2 fully saturated rings. The highest BCUT2D eigenvalue weighted by Crippen LogP contribution is 2.26. The van der Waals surface area contributed by atoms with Gasteiger partial charge in [-0.05, 0) is 77.2 Å². The van der Waals surface area contributed by atoms with Gasteiger partial charge in [-0.1, -0.05) is 18.2 Å². The highest BCUT2D eigenvalue weighted by molar-refractivity contribution is 5.95. The zero-order valence-corrected chi connectivity index (χ0v) is 15.1. The van der Waals surface area contributed by atoms with Crippen LogP contribution in [-0.2, 0) is 4.79 Å². The number of para-hydroxylation sites is 1. The van der Waals surface area contributed by atoms with Crippen molar-refractivity contribution in [1.29, 1.82) is 0 Å². The Morgan fingerprint density at radius 3 is 2.50 bits per heavy atom. The fraction of sp³-hybridized carbons (Fsp3) is 0.650. The van der Waals surface area contributed by atoms with E-state index < -0.39 is 0 Å². The Morgan fingerprint density at radius 1 is 1.21 bits per heavy atom. The number of anilines is 1. The highest BCUT2D eigenvalue weighted by Gasteiger charge is 2.30. The average molecular weight is 329 g/mol. The second-order valence-electron chi connectivity index (χ2n) is 7.51. The van der Waals surface area contributed by atoms with Crippen LogP contribution >= 0.6 is 0 Å². The Kier molecular flexibility index (Phi) is 5.90. The number of carbonyl (C=O) groups excluding carboxylic acids is 1. The van der Waals surface area contributed by atoms with E-state index >= 15 is 0 Å². The molecule has 0 saturated carbocycles. The molecular formula is C20H31N3O. The standard InChI is InChI=1S/C20H31N3O/c1-16(2)23(18-7-4-3-5-8-18)20(24)15-22-13-10-17(11-14-22)19-9-6-12-21-19/h3-5,7-8,16-17,19,21H,6,9-15H2,1-2H3. The van der Waals surface area contributed by atoms with Gasteiger partial charge in [-0.3, -0.25) is 9.69 Å². The molecule has 1 atom stereocenters. The quantitative estimate of drug-likeness (QED) is 0.902. The predicted molar refractivity (Wildman–Crippen MR) is 99.3 cm³/mol. The molecule has 1 unspecified atom stereocenters. The summed E-state index contributed by atoms with van der Waals surface area (Å²) in [7, 11) is 0. The fourth-order valence-corrected chi connectivity index (χ4v) is 4.21. The molecule has 0 bridgehead atoms. The molecule has 2 aliphatic rings. The SMILES string of the molecule is CC(C)N(C(=O)CN1CCC(C2CCCN2)CC1)c1ccccc1. The summed E-state index contributed by atoms with van der Waals surface area (Å²) < 4.78 is 0. The molecule has 2 saturated heterocycles. The summed E-state index contributed by atoms with van der Waals surface area (Å²) in [5.41, 5.74) is 1.00. The minimum absolute atomic E-state index is 0.181. The molecule has 1 amide bonds. The first-order valence-corrected chi connectivity index (χ1v) is 9.48. The first-order valence-electron chi connectivity index (χ1n) is 9.48. The predicted octanol–water partition coefficient (Wildman–Crippen LogP) is 2.89. The second kappa shape index (κ2) is 8.13. The number of amides is 1. The van der Waals surface area contributed by atoms with Crippen LogP contribution in [0.4, 0.5) is 5.69 Å². The molecule has 0 radical (unpaired) electrons. The summed E-state index contributed by atoms with van der Waals surface area (Å²) in [5, 5.41) is 3.64. The number of nitrogens with zero attached hydrogens (tertiary/aromatic N) is 2. The van der Waals surface area contributed by atoms with Crippen LogP contribution in [0.1, 0.15) is 39.5 Å². The maximum atomic E-state index is 12.9. The Balaban J connectivity index is 1.54. The zero-order chi connectivity index (χ0) is 16.9. The van der Waals surface area contributed by atoms with Crippen LogP contribution in [0.25, 0.3) is 0 Å². The van der Waals surface area contributed by atoms with Crippen LogP contribution in [-0.4, -0.2) is 49.1 Å². The third-order valence-corrected chi connectivity index (χ3v) is 5.48. The van der Waals surface area contributed by atoms with Crippen molar-refractivity contribution in [3.05, 3.63) is 30.3 Å². The third kappa shape index (κ3) is 4.17. The average Bonchev–Trinajstić information content (AvgIpc) is 3.11. The van der Waals surface area contributed by atoms with Crippen LogP contribution < -0.4 is 10.2 Å². The lowest BCUT2D eigenvalue weighted by molar-refractivity contribution is -0.120. The van der Waals surface area contributed by atoms with Crippen LogP contribution in [0.2, 0.25) is 0 Å². The molecule has 3 rings (SSSR count). The van der Waals surface area contributed by atoms with Gasteiger partial charge in [0, 0.05) is 17.8 Å². The molecule has 2 aliphatic heterocycles. The van der Waals surface area contributed by atoms with Crippen molar-refractivity contribution in [3.63, 3.8) is 0 Å². The molecule has 1 aromatic carbocycles. The first kappa shape index (κ1) is 17.4. The first-order chi connectivity index (χ1) is 11.6. The van der Waals surface area contributed by atoms with E-state index in [1.54, 1.807) is 0 Å². The molecule has 0 aliphatic carbocycles. The van der Waals surface area contributed by atoms with Crippen LogP contribution in [0.3, 0.4) is 0 Å². The van der Waals surface area contributed by atoms with E-state index in [1.165, 1.54) is 32.2 Å². The lowest BCUT2D eigenvalue weighted by Crippen LogP contribution is -2.47. The number of rotatable bonds is 5. The normalized spacial score (nSPS) is 22.9. The van der Waals surface area contributed by atoms with Crippen LogP contribution in [0, 0.1) is 5.92 Å². The molecule has 2 heterocycles. The van der Waals surface area contributed by atoms with Crippen molar-refractivity contribution in [2.24, 2.45) is 5.92 Å². The van der Waals surface area contributed by atoms with Gasteiger partial charge in [0.2, 0.25) is 5.91 Å². The molecule has 132 valence electrons. The van der Waals surface area contributed by atoms with E-state index in [4.69, 9.17) is 0 Å². The summed E-state index contributed by atoms with van der Waals surface area (Å²) in [6, 6.07) is 10.9. The Labute approximate surface area is 146 Å². The van der Waals surface area contributed by atoms with Crippen molar-refractivity contribution in [2.75, 3.05) is 31.1 Å². The van der Waals surface area contributed by atoms with E-state index in [-0.39, 0.29) is 11.9 Å². The zero-order valence-electron chi connectivity index (χ0n) is 15.1. The van der Waals surface area contributed by atoms with E-state index in [1.807, 2.05) is 35.2 Å². The van der Waals surface area contributed by atoms with Crippen molar-refractivity contribution in [1.82, 2.24) is 10.2 Å². The Hall–Kier alpha value is -1.39. The van der Waals surface area contributed by atoms with Gasteiger partial charge < -0.3 is 10.2 Å². The molecule has 1 aromatic rings. The molecule has 4 nitrogen and oxygen atoms in total.